The second-order valence-corrected chi connectivity index (χ2v) is 20.4. The zero-order chi connectivity index (χ0) is 51.9. The van der Waals surface area contributed by atoms with Crippen LogP contribution in [0.15, 0.2) is 36.4 Å². The molecule has 0 saturated heterocycles. The first-order valence-corrected chi connectivity index (χ1v) is 29.5. The molecule has 0 aliphatic carbocycles. The molecule has 0 spiro atoms. The van der Waals surface area contributed by atoms with Crippen molar-refractivity contribution in [2.24, 2.45) is 0 Å². The van der Waals surface area contributed by atoms with Gasteiger partial charge in [0.15, 0.2) is 0 Å². The van der Waals surface area contributed by atoms with Crippen LogP contribution in [0, 0.1) is 0 Å². The van der Waals surface area contributed by atoms with Gasteiger partial charge in [-0.25, -0.2) is 0 Å². The minimum atomic E-state index is -0.425. The Labute approximate surface area is 446 Å². The normalized spacial score (nSPS) is 11.8. The van der Waals surface area contributed by atoms with E-state index in [9.17, 15) is 0 Å². The van der Waals surface area contributed by atoms with E-state index in [4.69, 9.17) is 66.3 Å². The Bertz CT molecular complexity index is 3000. The van der Waals surface area contributed by atoms with Crippen LogP contribution in [0.3, 0.4) is 0 Å². The third-order valence-corrected chi connectivity index (χ3v) is 14.6. The number of aromatic nitrogens is 10. The van der Waals surface area contributed by atoms with Crippen molar-refractivity contribution in [1.29, 1.82) is 0 Å². The fourth-order valence-electron chi connectivity index (χ4n) is 9.46. The minimum absolute atomic E-state index is 0.378. The molecule has 0 saturated carbocycles. The van der Waals surface area contributed by atoms with E-state index in [1.54, 1.807) is 0 Å². The molecule has 9 rings (SSSR count). The van der Waals surface area contributed by atoms with Crippen LogP contribution in [0.2, 0.25) is 0 Å². The summed E-state index contributed by atoms with van der Waals surface area (Å²) in [5, 5.41) is 2.85. The SMILES string of the molecule is CCCCCOc1ccc(OCCCCC)c2c1-c1nc-2nc2[nH]c(nc3nc(nc4[nH]c(n1)c1c(OCCCCC)ccc(OCCCCC)c41)-c1n[se]nc1-3)c1c(OCCCCC)ccc(OCCCCC)c21. The van der Waals surface area contributed by atoms with Crippen molar-refractivity contribution in [2.75, 3.05) is 39.6 Å². The van der Waals surface area contributed by atoms with E-state index < -0.39 is 15.0 Å². The van der Waals surface area contributed by atoms with Gasteiger partial charge in [0.1, 0.15) is 0 Å². The average Bonchev–Trinajstić information content (AvgIpc) is 4.27. The number of ether oxygens (including phenoxy) is 6. The second kappa shape index (κ2) is 26.4. The molecule has 6 heterocycles. The predicted octanol–water partition coefficient (Wildman–Crippen LogP) is 14.1. The molecule has 398 valence electrons. The van der Waals surface area contributed by atoms with Gasteiger partial charge < -0.3 is 0 Å². The number of hydrogen-bond donors (Lipinski definition) is 2. The van der Waals surface area contributed by atoms with Crippen molar-refractivity contribution in [1.82, 2.24) is 47.8 Å². The molecule has 3 aromatic carbocycles. The third-order valence-electron chi connectivity index (χ3n) is 13.5. The van der Waals surface area contributed by atoms with Crippen molar-refractivity contribution in [3.05, 3.63) is 36.4 Å². The first-order valence-electron chi connectivity index (χ1n) is 27.9. The summed E-state index contributed by atoms with van der Waals surface area (Å²) in [6, 6.07) is 11.9. The van der Waals surface area contributed by atoms with E-state index in [1.807, 2.05) is 36.4 Å². The Kier molecular flexibility index (Phi) is 18.9. The number of benzene rings is 3. The van der Waals surface area contributed by atoms with E-state index in [0.29, 0.717) is 164 Å². The van der Waals surface area contributed by atoms with Gasteiger partial charge >= 0.3 is 343 Å². The Hall–Kier alpha value is -6.32. The standard InChI is InChI=1S/C58H74N10O6Se/c1-7-13-19-31-69-37-25-26-38(70-32-20-14-8-2)44-43(37)51-59-52(44)61-54-46-40(72-34-22-16-10-4)28-30-42(74-36-24-18-12-6)48(46)56(63-54)65-58-50-49(67-75-68-50)57(66-58)64-55-47-41(73-35-23-17-11-5)29-27-39(71-33-21-15-9-3)45(47)53(60-51)62-55/h25-30H,7-24,31-36H2,1-6H3,(H2,59,60,61,62,63,64,65,66). The zero-order valence-electron chi connectivity index (χ0n) is 44.9. The molecule has 2 N–H and O–H groups in total. The Morgan fingerprint density at radius 1 is 0.320 bits per heavy atom. The first kappa shape index (κ1) is 53.5. The molecular weight excluding hydrogens is 1010 g/mol. The van der Waals surface area contributed by atoms with Gasteiger partial charge in [0.05, 0.1) is 13.2 Å². The second-order valence-electron chi connectivity index (χ2n) is 19.3. The molecule has 0 unspecified atom stereocenters. The predicted molar refractivity (Wildman–Crippen MR) is 299 cm³/mol. The summed E-state index contributed by atoms with van der Waals surface area (Å²) < 4.78 is 49.9. The third kappa shape index (κ3) is 12.2. The molecule has 0 amide bonds. The number of rotatable bonds is 30. The van der Waals surface area contributed by atoms with Crippen molar-refractivity contribution < 1.29 is 28.4 Å². The number of H-pyrrole nitrogens is 2. The summed E-state index contributed by atoms with van der Waals surface area (Å²) in [4.78, 5) is 39.5. The van der Waals surface area contributed by atoms with Crippen LogP contribution >= 0.6 is 0 Å². The number of nitrogens with zero attached hydrogens (tertiary/aromatic N) is 8. The van der Waals surface area contributed by atoms with Crippen LogP contribution < -0.4 is 28.4 Å². The Morgan fingerprint density at radius 2 is 0.573 bits per heavy atom. The van der Waals surface area contributed by atoms with Crippen molar-refractivity contribution in [3.63, 3.8) is 0 Å². The van der Waals surface area contributed by atoms with E-state index in [-0.39, 0.29) is 0 Å². The van der Waals surface area contributed by atoms with Crippen LogP contribution in [-0.4, -0.2) is 102 Å². The van der Waals surface area contributed by atoms with Crippen molar-refractivity contribution in [3.8, 4) is 80.3 Å². The molecule has 75 heavy (non-hydrogen) atoms. The molecule has 7 aromatic rings. The molecule has 0 radical (unpaired) electrons. The number of unbranched alkanes of at least 4 members (excludes halogenated alkanes) is 12. The van der Waals surface area contributed by atoms with Gasteiger partial charge in [-0.2, -0.15) is 0 Å². The van der Waals surface area contributed by atoms with Gasteiger partial charge in [-0.05, 0) is 12.8 Å². The molecule has 0 fully saturated rings. The number of hydrogen-bond acceptors (Lipinski definition) is 14. The maximum atomic E-state index is 6.73. The first-order chi connectivity index (χ1) is 37.0. The van der Waals surface area contributed by atoms with Gasteiger partial charge in [-0.3, -0.25) is 0 Å². The maximum absolute atomic E-state index is 6.73. The summed E-state index contributed by atoms with van der Waals surface area (Å²) >= 11 is -0.425. The molecular formula is C58H74N10O6Se. The summed E-state index contributed by atoms with van der Waals surface area (Å²) in [5.74, 6) is 5.41. The van der Waals surface area contributed by atoms with Gasteiger partial charge in [0, 0.05) is 0 Å². The van der Waals surface area contributed by atoms with Crippen LogP contribution in [0.25, 0.3) is 89.9 Å². The van der Waals surface area contributed by atoms with E-state index >= 15 is 0 Å². The van der Waals surface area contributed by atoms with Crippen LogP contribution in [-0.2, 0) is 0 Å². The summed E-state index contributed by atoms with van der Waals surface area (Å²) in [7, 11) is 0. The zero-order valence-corrected chi connectivity index (χ0v) is 46.6. The van der Waals surface area contributed by atoms with Gasteiger partial charge in [0.25, 0.3) is 0 Å². The summed E-state index contributed by atoms with van der Waals surface area (Å²) in [6.45, 7) is 16.3. The Morgan fingerprint density at radius 3 is 0.867 bits per heavy atom. The number of fused-ring (bicyclic) bond motifs is 20. The molecule has 17 heteroatoms. The van der Waals surface area contributed by atoms with E-state index in [1.165, 1.54) is 0 Å². The topological polar surface area (TPSA) is 190 Å². The molecule has 16 nitrogen and oxygen atoms in total. The Balaban J connectivity index is 1.42. The van der Waals surface area contributed by atoms with E-state index in [2.05, 4.69) is 51.5 Å². The number of aromatic amines is 2. The molecule has 4 aromatic heterocycles. The number of nitrogens with one attached hydrogen (secondary N) is 2. The van der Waals surface area contributed by atoms with Crippen LogP contribution in [0.1, 0.15) is 157 Å². The van der Waals surface area contributed by atoms with Crippen molar-refractivity contribution in [2.45, 2.75) is 157 Å². The van der Waals surface area contributed by atoms with Crippen LogP contribution in [0.5, 0.6) is 34.5 Å². The van der Waals surface area contributed by atoms with E-state index in [0.717, 1.165) is 116 Å². The van der Waals surface area contributed by atoms with Gasteiger partial charge in [0.2, 0.25) is 0 Å². The average molecular weight is 1090 g/mol. The van der Waals surface area contributed by atoms with Crippen LogP contribution in [0.4, 0.5) is 0 Å². The quantitative estimate of drug-likeness (QED) is 0.0319. The monoisotopic (exact) mass is 1090 g/mol. The summed E-state index contributed by atoms with van der Waals surface area (Å²) in [6.07, 6.45) is 18.0. The summed E-state index contributed by atoms with van der Waals surface area (Å²) in [5.41, 5.74) is 4.46. The van der Waals surface area contributed by atoms with Crippen molar-refractivity contribution >= 4 is 59.1 Å². The molecule has 2 aliphatic rings. The fourth-order valence-corrected chi connectivity index (χ4v) is 10.6. The molecule has 2 aliphatic heterocycles. The molecule has 8 bridgehead atoms. The van der Waals surface area contributed by atoms with Gasteiger partial charge in [-0.15, -0.1) is 0 Å². The molecule has 0 atom stereocenters. The fraction of sp³-hybridized carbons (Fsp3) is 0.517. The van der Waals surface area contributed by atoms with Gasteiger partial charge in [-0.1, -0.05) is 80.1 Å².